The van der Waals surface area contributed by atoms with E-state index < -0.39 is 11.4 Å². The van der Waals surface area contributed by atoms with Crippen LogP contribution in [0.15, 0.2) is 12.3 Å². The molecular weight excluding hydrogens is 170 g/mol. The maximum Gasteiger partial charge on any atom is 0.317 e. The zero-order valence-corrected chi connectivity index (χ0v) is 7.78. The number of carbonyl (C=O) groups is 2. The Labute approximate surface area is 76.8 Å². The predicted molar refractivity (Wildman–Crippen MR) is 47.1 cm³/mol. The highest BCUT2D eigenvalue weighted by Gasteiger charge is 2.55. The van der Waals surface area contributed by atoms with Gasteiger partial charge in [0, 0.05) is 20.3 Å². The van der Waals surface area contributed by atoms with Crippen molar-refractivity contribution in [3.63, 3.8) is 0 Å². The van der Waals surface area contributed by atoms with Crippen LogP contribution in [0.2, 0.25) is 0 Å². The van der Waals surface area contributed by atoms with Crippen LogP contribution in [-0.2, 0) is 9.59 Å². The predicted octanol–water partition coefficient (Wildman–Crippen LogP) is 0.496. The van der Waals surface area contributed by atoms with Crippen LogP contribution < -0.4 is 0 Å². The van der Waals surface area contributed by atoms with Gasteiger partial charge < -0.3 is 10.0 Å². The van der Waals surface area contributed by atoms with Crippen molar-refractivity contribution in [2.75, 3.05) is 14.1 Å². The number of carboxylic acid groups (broad SMARTS) is 1. The lowest BCUT2D eigenvalue weighted by molar-refractivity contribution is -0.146. The van der Waals surface area contributed by atoms with Crippen molar-refractivity contribution >= 4 is 11.8 Å². The second-order valence-corrected chi connectivity index (χ2v) is 3.53. The molecular formula is C9H13NO3. The number of nitrogens with zero attached hydrogens (tertiary/aromatic N) is 1. The molecule has 1 saturated carbocycles. The first-order valence-corrected chi connectivity index (χ1v) is 4.11. The van der Waals surface area contributed by atoms with Crippen LogP contribution in [0.3, 0.4) is 0 Å². The third-order valence-electron chi connectivity index (χ3n) is 2.16. The average Bonchev–Trinajstić information content (AvgIpc) is 2.79. The van der Waals surface area contributed by atoms with Gasteiger partial charge in [-0.3, -0.25) is 9.59 Å². The SMILES string of the molecule is CN(C)C=CC(=O)C1(C(=O)O)CC1. The fraction of sp³-hybridized carbons (Fsp3) is 0.556. The van der Waals surface area contributed by atoms with Crippen molar-refractivity contribution in [3.05, 3.63) is 12.3 Å². The Kier molecular flexibility index (Phi) is 2.40. The lowest BCUT2D eigenvalue weighted by atomic mass is 10.0. The van der Waals surface area contributed by atoms with E-state index in [1.54, 1.807) is 25.2 Å². The highest BCUT2D eigenvalue weighted by Crippen LogP contribution is 2.47. The highest BCUT2D eigenvalue weighted by atomic mass is 16.4. The van der Waals surface area contributed by atoms with E-state index in [2.05, 4.69) is 0 Å². The number of hydrogen-bond donors (Lipinski definition) is 1. The number of ketones is 1. The molecule has 0 aromatic carbocycles. The Balaban J connectivity index is 2.64. The standard InChI is InChI=1S/C9H13NO3/c1-10(2)6-3-7(11)9(4-5-9)8(12)13/h3,6H,4-5H2,1-2H3,(H,12,13). The van der Waals surface area contributed by atoms with E-state index in [0.717, 1.165) is 0 Å². The molecule has 0 aromatic heterocycles. The summed E-state index contributed by atoms with van der Waals surface area (Å²) in [6.07, 6.45) is 3.85. The lowest BCUT2D eigenvalue weighted by Crippen LogP contribution is -2.24. The molecule has 0 amide bonds. The first kappa shape index (κ1) is 9.77. The second-order valence-electron chi connectivity index (χ2n) is 3.53. The molecule has 13 heavy (non-hydrogen) atoms. The number of carbonyl (C=O) groups excluding carboxylic acids is 1. The van der Waals surface area contributed by atoms with E-state index in [9.17, 15) is 9.59 Å². The van der Waals surface area contributed by atoms with Gasteiger partial charge in [-0.2, -0.15) is 0 Å². The van der Waals surface area contributed by atoms with Crippen LogP contribution in [0.5, 0.6) is 0 Å². The summed E-state index contributed by atoms with van der Waals surface area (Å²) in [4.78, 5) is 23.8. The molecule has 72 valence electrons. The Morgan fingerprint density at radius 1 is 1.38 bits per heavy atom. The van der Waals surface area contributed by atoms with Crippen LogP contribution in [0.1, 0.15) is 12.8 Å². The van der Waals surface area contributed by atoms with Gasteiger partial charge in [0.2, 0.25) is 0 Å². The minimum Gasteiger partial charge on any atom is -0.480 e. The molecule has 1 rings (SSSR count). The van der Waals surface area contributed by atoms with Crippen molar-refractivity contribution in [1.82, 2.24) is 4.90 Å². The molecule has 0 bridgehead atoms. The second kappa shape index (κ2) is 3.20. The van der Waals surface area contributed by atoms with Crippen molar-refractivity contribution < 1.29 is 14.7 Å². The van der Waals surface area contributed by atoms with E-state index in [0.29, 0.717) is 12.8 Å². The lowest BCUT2D eigenvalue weighted by Gasteiger charge is -2.06. The third kappa shape index (κ3) is 1.88. The van der Waals surface area contributed by atoms with Crippen LogP contribution in [0.4, 0.5) is 0 Å². The Morgan fingerprint density at radius 3 is 2.23 bits per heavy atom. The van der Waals surface area contributed by atoms with Crippen LogP contribution in [0.25, 0.3) is 0 Å². The van der Waals surface area contributed by atoms with Crippen LogP contribution in [-0.4, -0.2) is 35.9 Å². The summed E-state index contributed by atoms with van der Waals surface area (Å²) in [5, 5.41) is 8.77. The zero-order chi connectivity index (χ0) is 10.1. The number of carboxylic acids is 1. The van der Waals surface area contributed by atoms with E-state index in [4.69, 9.17) is 5.11 Å². The summed E-state index contributed by atoms with van der Waals surface area (Å²) in [5.41, 5.74) is -1.09. The maximum absolute atomic E-state index is 11.4. The summed E-state index contributed by atoms with van der Waals surface area (Å²) in [5.74, 6) is -1.30. The van der Waals surface area contributed by atoms with E-state index >= 15 is 0 Å². The van der Waals surface area contributed by atoms with Crippen LogP contribution >= 0.6 is 0 Å². The van der Waals surface area contributed by atoms with Crippen molar-refractivity contribution in [3.8, 4) is 0 Å². The Hall–Kier alpha value is -1.32. The topological polar surface area (TPSA) is 57.6 Å². The molecule has 4 heteroatoms. The van der Waals surface area contributed by atoms with Gasteiger partial charge in [-0.25, -0.2) is 0 Å². The number of aliphatic carboxylic acids is 1. The summed E-state index contributed by atoms with van der Waals surface area (Å²) in [6, 6.07) is 0. The minimum atomic E-state index is -1.09. The fourth-order valence-electron chi connectivity index (χ4n) is 1.07. The maximum atomic E-state index is 11.4. The molecule has 0 aliphatic heterocycles. The van der Waals surface area contributed by atoms with Gasteiger partial charge in [-0.15, -0.1) is 0 Å². The number of hydrogen-bond acceptors (Lipinski definition) is 3. The van der Waals surface area contributed by atoms with Gasteiger partial charge in [0.25, 0.3) is 0 Å². The van der Waals surface area contributed by atoms with Crippen molar-refractivity contribution in [2.45, 2.75) is 12.8 Å². The number of rotatable bonds is 4. The molecule has 0 spiro atoms. The summed E-state index contributed by atoms with van der Waals surface area (Å²) < 4.78 is 0. The molecule has 0 saturated heterocycles. The molecule has 0 atom stereocenters. The van der Waals surface area contributed by atoms with E-state index in [1.165, 1.54) is 6.08 Å². The molecule has 4 nitrogen and oxygen atoms in total. The monoisotopic (exact) mass is 183 g/mol. The summed E-state index contributed by atoms with van der Waals surface area (Å²) in [6.45, 7) is 0. The zero-order valence-electron chi connectivity index (χ0n) is 7.78. The van der Waals surface area contributed by atoms with E-state index in [1.807, 2.05) is 0 Å². The third-order valence-corrected chi connectivity index (χ3v) is 2.16. The van der Waals surface area contributed by atoms with Gasteiger partial charge >= 0.3 is 5.97 Å². The summed E-state index contributed by atoms with van der Waals surface area (Å²) in [7, 11) is 3.56. The van der Waals surface area contributed by atoms with Gasteiger partial charge in [-0.05, 0) is 18.9 Å². The van der Waals surface area contributed by atoms with Gasteiger partial charge in [0.15, 0.2) is 5.78 Å². The smallest absolute Gasteiger partial charge is 0.317 e. The normalized spacial score (nSPS) is 18.6. The Morgan fingerprint density at radius 2 is 1.92 bits per heavy atom. The highest BCUT2D eigenvalue weighted by molar-refractivity contribution is 6.11. The molecule has 0 heterocycles. The van der Waals surface area contributed by atoms with Crippen molar-refractivity contribution in [2.24, 2.45) is 5.41 Å². The number of allylic oxidation sites excluding steroid dienone is 1. The molecule has 1 N–H and O–H groups in total. The first-order chi connectivity index (χ1) is 5.99. The Bertz CT molecular complexity index is 264. The van der Waals surface area contributed by atoms with E-state index in [-0.39, 0.29) is 5.78 Å². The molecule has 0 radical (unpaired) electrons. The fourth-order valence-corrected chi connectivity index (χ4v) is 1.07. The quantitative estimate of drug-likeness (QED) is 0.509. The van der Waals surface area contributed by atoms with Gasteiger partial charge in [0.1, 0.15) is 5.41 Å². The molecule has 0 unspecified atom stereocenters. The van der Waals surface area contributed by atoms with Gasteiger partial charge in [0.05, 0.1) is 0 Å². The first-order valence-electron chi connectivity index (χ1n) is 4.11. The van der Waals surface area contributed by atoms with Crippen LogP contribution in [0, 0.1) is 5.41 Å². The van der Waals surface area contributed by atoms with Crippen molar-refractivity contribution in [1.29, 1.82) is 0 Å². The van der Waals surface area contributed by atoms with Gasteiger partial charge in [-0.1, -0.05) is 0 Å². The molecule has 1 aliphatic rings. The minimum absolute atomic E-state index is 0.297. The molecule has 0 aromatic rings. The average molecular weight is 183 g/mol. The summed E-state index contributed by atoms with van der Waals surface area (Å²) >= 11 is 0. The molecule has 1 aliphatic carbocycles. The molecule has 1 fully saturated rings. The largest absolute Gasteiger partial charge is 0.480 e.